The molecule has 0 bridgehead atoms. The number of nitrogen functional groups attached to an aromatic ring is 1. The third kappa shape index (κ3) is 1.66. The van der Waals surface area contributed by atoms with Gasteiger partial charge in [-0.1, -0.05) is 0 Å². The Hall–Kier alpha value is -2.43. The lowest BCUT2D eigenvalue weighted by molar-refractivity contribution is 0.628. The zero-order chi connectivity index (χ0) is 13.7. The lowest BCUT2D eigenvalue weighted by Gasteiger charge is -2.09. The fraction of sp³-hybridized carbons (Fsp3) is 0.200. The summed E-state index contributed by atoms with van der Waals surface area (Å²) in [6, 6.07) is 6.94. The Kier molecular flexibility index (Phi) is 2.30. The van der Waals surface area contributed by atoms with E-state index in [2.05, 4.69) is 14.5 Å². The van der Waals surface area contributed by atoms with E-state index >= 15 is 0 Å². The standard InChI is InChI=1S/C15H13FN4/c16-9-1-4-13-14(7-9)20(10-2-3-10)15(19-13)11-5-6-18-8-12(11)17/h1,4-8,10H,2-3,17H2. The number of nitrogens with zero attached hydrogens (tertiary/aromatic N) is 3. The number of anilines is 1. The Morgan fingerprint density at radius 2 is 2.10 bits per heavy atom. The highest BCUT2D eigenvalue weighted by Gasteiger charge is 2.29. The molecule has 0 aliphatic heterocycles. The van der Waals surface area contributed by atoms with Gasteiger partial charge in [0.05, 0.1) is 22.9 Å². The zero-order valence-corrected chi connectivity index (χ0v) is 10.8. The maximum absolute atomic E-state index is 13.5. The number of hydrogen-bond donors (Lipinski definition) is 1. The summed E-state index contributed by atoms with van der Waals surface area (Å²) < 4.78 is 15.6. The molecule has 0 spiro atoms. The summed E-state index contributed by atoms with van der Waals surface area (Å²) in [6.07, 6.45) is 5.51. The van der Waals surface area contributed by atoms with Gasteiger partial charge in [-0.05, 0) is 37.1 Å². The minimum atomic E-state index is -0.242. The Balaban J connectivity index is 2.04. The van der Waals surface area contributed by atoms with E-state index in [0.717, 1.165) is 35.3 Å². The number of hydrogen-bond acceptors (Lipinski definition) is 3. The number of rotatable bonds is 2. The summed E-state index contributed by atoms with van der Waals surface area (Å²) in [5.41, 5.74) is 9.07. The van der Waals surface area contributed by atoms with Crippen LogP contribution < -0.4 is 5.73 Å². The normalized spacial score (nSPS) is 14.8. The van der Waals surface area contributed by atoms with E-state index in [9.17, 15) is 4.39 Å². The van der Waals surface area contributed by atoms with Gasteiger partial charge in [-0.3, -0.25) is 4.98 Å². The van der Waals surface area contributed by atoms with Crippen LogP contribution in [0.25, 0.3) is 22.4 Å². The average molecular weight is 268 g/mol. The molecule has 5 heteroatoms. The molecule has 4 nitrogen and oxygen atoms in total. The van der Waals surface area contributed by atoms with Crippen molar-refractivity contribution in [2.75, 3.05) is 5.73 Å². The maximum Gasteiger partial charge on any atom is 0.143 e. The molecule has 1 aliphatic rings. The zero-order valence-electron chi connectivity index (χ0n) is 10.8. The van der Waals surface area contributed by atoms with Crippen LogP contribution >= 0.6 is 0 Å². The van der Waals surface area contributed by atoms with Crippen LogP contribution in [0.3, 0.4) is 0 Å². The first-order valence-electron chi connectivity index (χ1n) is 6.61. The van der Waals surface area contributed by atoms with Gasteiger partial charge in [-0.25, -0.2) is 9.37 Å². The van der Waals surface area contributed by atoms with Gasteiger partial charge in [0.15, 0.2) is 0 Å². The molecular weight excluding hydrogens is 255 g/mol. The van der Waals surface area contributed by atoms with E-state index in [0.29, 0.717) is 11.7 Å². The third-order valence-electron chi connectivity index (χ3n) is 3.66. The van der Waals surface area contributed by atoms with Crippen molar-refractivity contribution in [2.24, 2.45) is 0 Å². The second-order valence-electron chi connectivity index (χ2n) is 5.13. The maximum atomic E-state index is 13.5. The topological polar surface area (TPSA) is 56.7 Å². The molecule has 3 aromatic rings. The molecule has 0 radical (unpaired) electrons. The van der Waals surface area contributed by atoms with Crippen molar-refractivity contribution in [1.82, 2.24) is 14.5 Å². The van der Waals surface area contributed by atoms with Crippen LogP contribution in [0.5, 0.6) is 0 Å². The second kappa shape index (κ2) is 4.03. The van der Waals surface area contributed by atoms with Gasteiger partial charge < -0.3 is 10.3 Å². The number of aromatic nitrogens is 3. The van der Waals surface area contributed by atoms with Gasteiger partial charge in [0.25, 0.3) is 0 Å². The number of fused-ring (bicyclic) bond motifs is 1. The van der Waals surface area contributed by atoms with Crippen molar-refractivity contribution >= 4 is 16.7 Å². The van der Waals surface area contributed by atoms with Gasteiger partial charge in [0.1, 0.15) is 11.6 Å². The van der Waals surface area contributed by atoms with Crippen molar-refractivity contribution in [3.05, 3.63) is 42.5 Å². The number of halogens is 1. The van der Waals surface area contributed by atoms with E-state index in [1.807, 2.05) is 6.07 Å². The second-order valence-corrected chi connectivity index (χ2v) is 5.13. The highest BCUT2D eigenvalue weighted by Crippen LogP contribution is 2.42. The average Bonchev–Trinajstić information content (AvgIpc) is 3.20. The predicted octanol–water partition coefficient (Wildman–Crippen LogP) is 3.15. The van der Waals surface area contributed by atoms with Crippen molar-refractivity contribution < 1.29 is 4.39 Å². The van der Waals surface area contributed by atoms with Crippen LogP contribution in [0.1, 0.15) is 18.9 Å². The predicted molar refractivity (Wildman–Crippen MR) is 75.6 cm³/mol. The molecule has 1 saturated carbocycles. The van der Waals surface area contributed by atoms with E-state index in [4.69, 9.17) is 5.73 Å². The van der Waals surface area contributed by atoms with E-state index in [1.54, 1.807) is 24.5 Å². The molecule has 0 unspecified atom stereocenters. The van der Waals surface area contributed by atoms with Crippen LogP contribution in [0.15, 0.2) is 36.7 Å². The smallest absolute Gasteiger partial charge is 0.143 e. The molecule has 0 amide bonds. The van der Waals surface area contributed by atoms with E-state index < -0.39 is 0 Å². The summed E-state index contributed by atoms with van der Waals surface area (Å²) in [4.78, 5) is 8.64. The van der Waals surface area contributed by atoms with Gasteiger partial charge in [0, 0.05) is 17.8 Å². The minimum Gasteiger partial charge on any atom is -0.397 e. The molecule has 1 aromatic carbocycles. The molecule has 20 heavy (non-hydrogen) atoms. The van der Waals surface area contributed by atoms with Crippen LogP contribution in [0, 0.1) is 5.82 Å². The Morgan fingerprint density at radius 1 is 1.25 bits per heavy atom. The highest BCUT2D eigenvalue weighted by molar-refractivity contribution is 5.83. The first kappa shape index (κ1) is 11.4. The van der Waals surface area contributed by atoms with Gasteiger partial charge in [0.2, 0.25) is 0 Å². The number of pyridine rings is 1. The van der Waals surface area contributed by atoms with Crippen molar-refractivity contribution in [1.29, 1.82) is 0 Å². The Morgan fingerprint density at radius 3 is 2.85 bits per heavy atom. The Bertz CT molecular complexity index is 805. The lowest BCUT2D eigenvalue weighted by atomic mass is 10.2. The summed E-state index contributed by atoms with van der Waals surface area (Å²) in [5, 5.41) is 0. The molecule has 2 aromatic heterocycles. The van der Waals surface area contributed by atoms with Crippen molar-refractivity contribution in [2.45, 2.75) is 18.9 Å². The number of nitrogens with two attached hydrogens (primary N) is 1. The summed E-state index contributed by atoms with van der Waals surface area (Å²) in [6.45, 7) is 0. The summed E-state index contributed by atoms with van der Waals surface area (Å²) >= 11 is 0. The molecule has 2 heterocycles. The fourth-order valence-electron chi connectivity index (χ4n) is 2.57. The lowest BCUT2D eigenvalue weighted by Crippen LogP contribution is -2.00. The Labute approximate surface area is 115 Å². The fourth-order valence-corrected chi connectivity index (χ4v) is 2.57. The molecule has 100 valence electrons. The van der Waals surface area contributed by atoms with Crippen LogP contribution in [-0.2, 0) is 0 Å². The van der Waals surface area contributed by atoms with E-state index in [1.165, 1.54) is 6.07 Å². The minimum absolute atomic E-state index is 0.242. The van der Waals surface area contributed by atoms with Crippen molar-refractivity contribution in [3.63, 3.8) is 0 Å². The van der Waals surface area contributed by atoms with Crippen LogP contribution in [-0.4, -0.2) is 14.5 Å². The van der Waals surface area contributed by atoms with E-state index in [-0.39, 0.29) is 5.82 Å². The molecule has 4 rings (SSSR count). The number of imidazole rings is 1. The quantitative estimate of drug-likeness (QED) is 0.776. The molecule has 0 saturated heterocycles. The third-order valence-corrected chi connectivity index (χ3v) is 3.66. The van der Waals surface area contributed by atoms with Gasteiger partial charge in [-0.15, -0.1) is 0 Å². The largest absolute Gasteiger partial charge is 0.397 e. The molecule has 1 fully saturated rings. The van der Waals surface area contributed by atoms with Crippen LogP contribution in [0.2, 0.25) is 0 Å². The van der Waals surface area contributed by atoms with Crippen molar-refractivity contribution in [3.8, 4) is 11.4 Å². The van der Waals surface area contributed by atoms with Gasteiger partial charge in [-0.2, -0.15) is 0 Å². The first-order chi connectivity index (χ1) is 9.74. The SMILES string of the molecule is Nc1cnccc1-c1nc2ccc(F)cc2n1C1CC1. The van der Waals surface area contributed by atoms with Crippen LogP contribution in [0.4, 0.5) is 10.1 Å². The molecule has 1 aliphatic carbocycles. The molecule has 0 atom stereocenters. The summed E-state index contributed by atoms with van der Waals surface area (Å²) in [7, 11) is 0. The summed E-state index contributed by atoms with van der Waals surface area (Å²) in [5.74, 6) is 0.557. The molecule has 2 N–H and O–H groups in total. The highest BCUT2D eigenvalue weighted by atomic mass is 19.1. The number of benzene rings is 1. The van der Waals surface area contributed by atoms with Gasteiger partial charge >= 0.3 is 0 Å². The monoisotopic (exact) mass is 268 g/mol. The molecular formula is C15H13FN4. The first-order valence-corrected chi connectivity index (χ1v) is 6.61.